The van der Waals surface area contributed by atoms with Gasteiger partial charge >= 0.3 is 12.0 Å². The normalized spacial score (nSPS) is 18.4. The van der Waals surface area contributed by atoms with Crippen LogP contribution < -0.4 is 10.6 Å². The molecule has 0 bridgehead atoms. The number of aromatic nitrogens is 1. The predicted octanol–water partition coefficient (Wildman–Crippen LogP) is 8.67. The van der Waals surface area contributed by atoms with Crippen molar-refractivity contribution in [3.63, 3.8) is 0 Å². The van der Waals surface area contributed by atoms with E-state index in [9.17, 15) is 14.7 Å². The maximum atomic E-state index is 12.9. The molecule has 11 heteroatoms. The lowest BCUT2D eigenvalue weighted by Gasteiger charge is -2.41. The van der Waals surface area contributed by atoms with Crippen LogP contribution in [-0.4, -0.2) is 47.1 Å². The third-order valence-electron chi connectivity index (χ3n) is 9.96. The molecule has 3 N–H and O–H groups in total. The van der Waals surface area contributed by atoms with E-state index >= 15 is 0 Å². The van der Waals surface area contributed by atoms with Crippen LogP contribution in [0.1, 0.15) is 47.1 Å². The van der Waals surface area contributed by atoms with Crippen LogP contribution in [-0.2, 0) is 38.6 Å². The molecule has 7 rings (SSSR count). The third kappa shape index (κ3) is 10.00. The van der Waals surface area contributed by atoms with Crippen LogP contribution in [0.2, 0.25) is 0 Å². The summed E-state index contributed by atoms with van der Waals surface area (Å²) in [4.78, 5) is 30.2. The molecule has 1 fully saturated rings. The molecule has 10 nitrogen and oxygen atoms in total. The van der Waals surface area contributed by atoms with Crippen LogP contribution in [0.4, 0.5) is 4.79 Å². The molecule has 57 heavy (non-hydrogen) atoms. The molecule has 1 saturated heterocycles. The molecule has 2 amide bonds. The molecule has 292 valence electrons. The third-order valence-corrected chi connectivity index (χ3v) is 10.9. The molecule has 5 aromatic carbocycles. The predicted molar refractivity (Wildman–Crippen MR) is 219 cm³/mol. The summed E-state index contributed by atoms with van der Waals surface area (Å²) in [6, 6.07) is 43.7. The van der Waals surface area contributed by atoms with E-state index in [-0.39, 0.29) is 31.3 Å². The lowest BCUT2D eigenvalue weighted by molar-refractivity contribution is -0.268. The van der Waals surface area contributed by atoms with Gasteiger partial charge in [0.15, 0.2) is 12.1 Å². The zero-order chi connectivity index (χ0) is 39.6. The van der Waals surface area contributed by atoms with E-state index in [4.69, 9.17) is 23.6 Å². The summed E-state index contributed by atoms with van der Waals surface area (Å²) < 4.78 is 24.7. The highest BCUT2D eigenvalue weighted by Gasteiger charge is 2.39. The maximum absolute atomic E-state index is 12.9. The molecule has 0 unspecified atom stereocenters. The summed E-state index contributed by atoms with van der Waals surface area (Å²) in [6.45, 7) is 2.32. The van der Waals surface area contributed by atoms with Gasteiger partial charge in [-0.2, -0.15) is 0 Å². The first-order chi connectivity index (χ1) is 27.9. The Labute approximate surface area is 336 Å². The smallest absolute Gasteiger partial charge is 0.328 e. The number of carbonyl (C=O) groups excluding carboxylic acids is 2. The van der Waals surface area contributed by atoms with Gasteiger partial charge in [0.05, 0.1) is 25.9 Å². The van der Waals surface area contributed by atoms with Crippen molar-refractivity contribution in [1.29, 1.82) is 0 Å². The topological polar surface area (TPSA) is 132 Å². The van der Waals surface area contributed by atoms with Crippen molar-refractivity contribution in [3.05, 3.63) is 167 Å². The highest BCUT2D eigenvalue weighted by Crippen LogP contribution is 2.44. The molecule has 0 radical (unpaired) electrons. The van der Waals surface area contributed by atoms with E-state index in [1.807, 2.05) is 140 Å². The Morgan fingerprint density at radius 3 is 2.04 bits per heavy atom. The number of esters is 1. The quantitative estimate of drug-likeness (QED) is 0.0734. The number of ether oxygens (including phenoxy) is 3. The van der Waals surface area contributed by atoms with E-state index in [1.54, 1.807) is 0 Å². The van der Waals surface area contributed by atoms with E-state index in [0.717, 1.165) is 44.6 Å². The number of nitrogens with zero attached hydrogens (tertiary/aromatic N) is 1. The molecule has 0 aliphatic carbocycles. The minimum Gasteiger partial charge on any atom is -0.467 e. The average Bonchev–Trinajstić information content (AvgIpc) is 3.70. The Kier molecular flexibility index (Phi) is 13.1. The first-order valence-electron chi connectivity index (χ1n) is 18.9. The highest BCUT2D eigenvalue weighted by molar-refractivity contribution is 7.99. The number of methoxy groups -OCH3 is 1. The number of amides is 2. The zero-order valence-corrected chi connectivity index (χ0v) is 32.6. The number of aliphatic hydroxyl groups is 1. The number of rotatable bonds is 14. The Morgan fingerprint density at radius 2 is 1.39 bits per heavy atom. The largest absolute Gasteiger partial charge is 0.467 e. The van der Waals surface area contributed by atoms with Crippen molar-refractivity contribution in [3.8, 4) is 22.6 Å². The van der Waals surface area contributed by atoms with Crippen LogP contribution in [0, 0.1) is 5.92 Å². The highest BCUT2D eigenvalue weighted by atomic mass is 32.2. The van der Waals surface area contributed by atoms with Gasteiger partial charge in [-0.15, -0.1) is 0 Å². The van der Waals surface area contributed by atoms with E-state index in [2.05, 4.69) is 17.6 Å². The van der Waals surface area contributed by atoms with Crippen molar-refractivity contribution in [2.45, 2.75) is 56.3 Å². The summed E-state index contributed by atoms with van der Waals surface area (Å²) in [5.74, 6) is 0.716. The molecule has 1 aromatic heterocycles. The van der Waals surface area contributed by atoms with E-state index in [0.29, 0.717) is 23.2 Å². The van der Waals surface area contributed by atoms with Crippen molar-refractivity contribution >= 4 is 23.8 Å². The van der Waals surface area contributed by atoms with E-state index in [1.165, 1.54) is 18.9 Å². The fraction of sp³-hybridized carbons (Fsp3) is 0.239. The second-order valence-electron chi connectivity index (χ2n) is 13.9. The van der Waals surface area contributed by atoms with Crippen LogP contribution in [0.15, 0.2) is 149 Å². The lowest BCUT2D eigenvalue weighted by Crippen LogP contribution is -2.47. The van der Waals surface area contributed by atoms with Crippen LogP contribution >= 0.6 is 11.8 Å². The summed E-state index contributed by atoms with van der Waals surface area (Å²) in [5.41, 5.74) is 7.10. The first-order valence-corrected chi connectivity index (χ1v) is 19.9. The molecule has 1 aliphatic heterocycles. The first kappa shape index (κ1) is 39.5. The Morgan fingerprint density at radius 1 is 0.772 bits per heavy atom. The fourth-order valence-corrected chi connectivity index (χ4v) is 7.76. The van der Waals surface area contributed by atoms with Crippen LogP contribution in [0.25, 0.3) is 22.6 Å². The number of nitrogens with one attached hydrogen (secondary N) is 2. The Hall–Kier alpha value is -5.72. The number of thioether (sulfide) groups is 1. The van der Waals surface area contributed by atoms with Gasteiger partial charge in [0.25, 0.3) is 5.22 Å². The van der Waals surface area contributed by atoms with Gasteiger partial charge in [-0.3, -0.25) is 0 Å². The second-order valence-corrected chi connectivity index (χ2v) is 14.8. The molecular formula is C46H45N3O7S. The minimum absolute atomic E-state index is 0.0384. The SMILES string of the molecule is COC(=O)[C@H](Cc1ccccc1)NC(=O)NCc1ccc([C@H]2O[C@@H](CSc3nc(-c4ccccc4)c(-c4ccccc4)o3)[C@@H](C)[C@@H](c3ccc(CO)cc3)O2)cc1. The van der Waals surface area contributed by atoms with Crippen molar-refractivity contribution in [2.24, 2.45) is 5.92 Å². The minimum atomic E-state index is -0.831. The summed E-state index contributed by atoms with van der Waals surface area (Å²) in [5, 5.41) is 15.8. The Balaban J connectivity index is 1.05. The number of carbonyl (C=O) groups is 2. The maximum Gasteiger partial charge on any atom is 0.328 e. The van der Waals surface area contributed by atoms with Crippen LogP contribution in [0.3, 0.4) is 0 Å². The molecule has 1 aliphatic rings. The molecular weight excluding hydrogens is 739 g/mol. The van der Waals surface area contributed by atoms with Gasteiger partial charge in [-0.05, 0) is 22.3 Å². The molecule has 2 heterocycles. The van der Waals surface area contributed by atoms with Gasteiger partial charge in [0, 0.05) is 41.3 Å². The summed E-state index contributed by atoms with van der Waals surface area (Å²) in [6.07, 6.45) is -0.909. The number of benzene rings is 5. The van der Waals surface area contributed by atoms with Crippen molar-refractivity contribution in [2.75, 3.05) is 12.9 Å². The summed E-state index contributed by atoms with van der Waals surface area (Å²) in [7, 11) is 1.30. The van der Waals surface area contributed by atoms with Crippen molar-refractivity contribution < 1.29 is 33.3 Å². The monoisotopic (exact) mass is 783 g/mol. The second kappa shape index (κ2) is 18.9. The molecule has 6 aromatic rings. The standard InChI is InChI=1S/C46H45N3O7S/c1-30-39(29-57-46-49-40(34-14-8-4-9-15-34)42(56-46)35-16-10-5-11-17-35)54-44(55-41(30)36-22-20-33(28-50)21-23-36)37-24-18-32(19-25-37)27-47-45(52)48-38(43(51)53-2)26-31-12-6-3-7-13-31/h3-25,30,38-39,41,44,50H,26-29H2,1-2H3,(H2,47,48,52)/t30-,38+,39+,41+,44+/m1/s1. The number of urea groups is 1. The van der Waals surface area contributed by atoms with Gasteiger partial charge in [-0.25, -0.2) is 14.6 Å². The van der Waals surface area contributed by atoms with Gasteiger partial charge < -0.3 is 34.4 Å². The van der Waals surface area contributed by atoms with Gasteiger partial charge in [0.1, 0.15) is 11.7 Å². The average molecular weight is 784 g/mol. The summed E-state index contributed by atoms with van der Waals surface area (Å²) >= 11 is 1.51. The zero-order valence-electron chi connectivity index (χ0n) is 31.7. The number of oxazole rings is 1. The number of aliphatic hydroxyl groups excluding tert-OH is 1. The molecule has 0 saturated carbocycles. The van der Waals surface area contributed by atoms with Crippen LogP contribution in [0.5, 0.6) is 0 Å². The number of hydrogen-bond acceptors (Lipinski definition) is 9. The molecule has 5 atom stereocenters. The van der Waals surface area contributed by atoms with Crippen molar-refractivity contribution in [1.82, 2.24) is 15.6 Å². The van der Waals surface area contributed by atoms with Gasteiger partial charge in [-0.1, -0.05) is 158 Å². The Bertz CT molecular complexity index is 2140. The van der Waals surface area contributed by atoms with Gasteiger partial charge in [0.2, 0.25) is 0 Å². The molecule has 0 spiro atoms. The lowest BCUT2D eigenvalue weighted by atomic mass is 9.91. The number of hydrogen-bond donors (Lipinski definition) is 3. The fourth-order valence-electron chi connectivity index (χ4n) is 6.77. The van der Waals surface area contributed by atoms with E-state index < -0.39 is 24.3 Å².